The summed E-state index contributed by atoms with van der Waals surface area (Å²) in [7, 11) is 0. The lowest BCUT2D eigenvalue weighted by molar-refractivity contribution is -0.132. The summed E-state index contributed by atoms with van der Waals surface area (Å²) >= 11 is 3.45. The second kappa shape index (κ2) is 7.06. The summed E-state index contributed by atoms with van der Waals surface area (Å²) in [6.45, 7) is 4.94. The van der Waals surface area contributed by atoms with Crippen molar-refractivity contribution in [1.29, 1.82) is 0 Å². The minimum atomic E-state index is 0.244. The van der Waals surface area contributed by atoms with Gasteiger partial charge in [-0.3, -0.25) is 4.79 Å². The third kappa shape index (κ3) is 4.05. The molecule has 0 aromatic heterocycles. The van der Waals surface area contributed by atoms with E-state index in [4.69, 9.17) is 0 Å². The molecule has 3 nitrogen and oxygen atoms in total. The van der Waals surface area contributed by atoms with Gasteiger partial charge in [0.2, 0.25) is 5.91 Å². The highest BCUT2D eigenvalue weighted by atomic mass is 79.9. The molecule has 1 unspecified atom stereocenters. The van der Waals surface area contributed by atoms with Crippen molar-refractivity contribution in [3.8, 4) is 0 Å². The molecule has 19 heavy (non-hydrogen) atoms. The summed E-state index contributed by atoms with van der Waals surface area (Å²) in [6, 6.07) is 8.38. The van der Waals surface area contributed by atoms with Crippen molar-refractivity contribution in [2.24, 2.45) is 0 Å². The number of halogens is 1. The van der Waals surface area contributed by atoms with E-state index in [1.807, 2.05) is 24.3 Å². The van der Waals surface area contributed by atoms with E-state index in [9.17, 15) is 4.79 Å². The molecule has 104 valence electrons. The molecule has 1 atom stereocenters. The summed E-state index contributed by atoms with van der Waals surface area (Å²) < 4.78 is 1.03. The smallest absolute Gasteiger partial charge is 0.227 e. The van der Waals surface area contributed by atoms with Crippen molar-refractivity contribution >= 4 is 21.8 Å². The largest absolute Gasteiger partial charge is 0.338 e. The van der Waals surface area contributed by atoms with E-state index < -0.39 is 0 Å². The van der Waals surface area contributed by atoms with Gasteiger partial charge in [0.25, 0.3) is 0 Å². The monoisotopic (exact) mass is 324 g/mol. The average Bonchev–Trinajstić information content (AvgIpc) is 2.89. The Morgan fingerprint density at radius 1 is 1.53 bits per heavy atom. The van der Waals surface area contributed by atoms with Crippen molar-refractivity contribution < 1.29 is 4.79 Å². The SMILES string of the molecule is CCCN(C(=O)Cc1cccc(Br)c1)C1CCNC1. The minimum Gasteiger partial charge on any atom is -0.338 e. The molecule has 1 saturated heterocycles. The Kier molecular flexibility index (Phi) is 5.40. The highest BCUT2D eigenvalue weighted by Crippen LogP contribution is 2.15. The number of hydrogen-bond acceptors (Lipinski definition) is 2. The van der Waals surface area contributed by atoms with Gasteiger partial charge < -0.3 is 10.2 Å². The van der Waals surface area contributed by atoms with Crippen LogP contribution in [0.5, 0.6) is 0 Å². The van der Waals surface area contributed by atoms with Gasteiger partial charge in [-0.05, 0) is 37.1 Å². The molecular formula is C15H21BrN2O. The minimum absolute atomic E-state index is 0.244. The number of hydrogen-bond donors (Lipinski definition) is 1. The van der Waals surface area contributed by atoms with E-state index in [1.54, 1.807) is 0 Å². The Hall–Kier alpha value is -0.870. The van der Waals surface area contributed by atoms with Crippen molar-refractivity contribution in [3.05, 3.63) is 34.3 Å². The van der Waals surface area contributed by atoms with E-state index in [0.29, 0.717) is 12.5 Å². The maximum atomic E-state index is 12.5. The van der Waals surface area contributed by atoms with Crippen LogP contribution in [-0.2, 0) is 11.2 Å². The summed E-state index contributed by atoms with van der Waals surface area (Å²) in [5.74, 6) is 0.244. The molecular weight excluding hydrogens is 304 g/mol. The first kappa shape index (κ1) is 14.5. The normalized spacial score (nSPS) is 18.5. The Morgan fingerprint density at radius 3 is 3.00 bits per heavy atom. The van der Waals surface area contributed by atoms with Crippen LogP contribution in [0.3, 0.4) is 0 Å². The number of amides is 1. The predicted octanol–water partition coefficient (Wildman–Crippen LogP) is 2.59. The number of nitrogens with zero attached hydrogens (tertiary/aromatic N) is 1. The van der Waals surface area contributed by atoms with Gasteiger partial charge in [0.15, 0.2) is 0 Å². The molecule has 1 aliphatic heterocycles. The fourth-order valence-corrected chi connectivity index (χ4v) is 3.03. The lowest BCUT2D eigenvalue weighted by atomic mass is 10.1. The van der Waals surface area contributed by atoms with Gasteiger partial charge in [0, 0.05) is 23.6 Å². The van der Waals surface area contributed by atoms with E-state index in [-0.39, 0.29) is 5.91 Å². The zero-order valence-electron chi connectivity index (χ0n) is 11.4. The zero-order chi connectivity index (χ0) is 13.7. The van der Waals surface area contributed by atoms with E-state index in [0.717, 1.165) is 42.5 Å². The Bertz CT molecular complexity index is 430. The molecule has 0 aliphatic carbocycles. The summed E-state index contributed by atoms with van der Waals surface area (Å²) in [6.07, 6.45) is 2.58. The van der Waals surface area contributed by atoms with Crippen molar-refractivity contribution in [2.75, 3.05) is 19.6 Å². The number of benzene rings is 1. The number of carbonyl (C=O) groups is 1. The molecule has 1 fully saturated rings. The maximum Gasteiger partial charge on any atom is 0.227 e. The maximum absolute atomic E-state index is 12.5. The van der Waals surface area contributed by atoms with Crippen molar-refractivity contribution in [1.82, 2.24) is 10.2 Å². The van der Waals surface area contributed by atoms with Crippen LogP contribution in [0, 0.1) is 0 Å². The number of carbonyl (C=O) groups excluding carboxylic acids is 1. The van der Waals surface area contributed by atoms with Gasteiger partial charge in [0.1, 0.15) is 0 Å². The zero-order valence-corrected chi connectivity index (χ0v) is 12.9. The molecule has 1 aromatic rings. The quantitative estimate of drug-likeness (QED) is 0.902. The van der Waals surface area contributed by atoms with Crippen molar-refractivity contribution in [2.45, 2.75) is 32.2 Å². The van der Waals surface area contributed by atoms with Crippen LogP contribution in [0.15, 0.2) is 28.7 Å². The molecule has 1 amide bonds. The average molecular weight is 325 g/mol. The Labute approximate surface area is 123 Å². The highest BCUT2D eigenvalue weighted by Gasteiger charge is 2.25. The topological polar surface area (TPSA) is 32.3 Å². The second-order valence-electron chi connectivity index (χ2n) is 5.04. The molecule has 1 aliphatic rings. The Balaban J connectivity index is 2.02. The lowest BCUT2D eigenvalue weighted by Gasteiger charge is -2.28. The van der Waals surface area contributed by atoms with E-state index >= 15 is 0 Å². The first-order chi connectivity index (χ1) is 9.20. The van der Waals surface area contributed by atoms with E-state index in [1.165, 1.54) is 0 Å². The molecule has 1 aromatic carbocycles. The first-order valence-corrected chi connectivity index (χ1v) is 7.74. The fraction of sp³-hybridized carbons (Fsp3) is 0.533. The van der Waals surface area contributed by atoms with Gasteiger partial charge in [-0.25, -0.2) is 0 Å². The highest BCUT2D eigenvalue weighted by molar-refractivity contribution is 9.10. The predicted molar refractivity (Wildman–Crippen MR) is 81.1 cm³/mol. The van der Waals surface area contributed by atoms with Crippen LogP contribution in [0.25, 0.3) is 0 Å². The molecule has 4 heteroatoms. The van der Waals surface area contributed by atoms with Crippen LogP contribution in [0.4, 0.5) is 0 Å². The third-order valence-electron chi connectivity index (χ3n) is 3.50. The van der Waals surface area contributed by atoms with Gasteiger partial charge >= 0.3 is 0 Å². The van der Waals surface area contributed by atoms with Crippen LogP contribution >= 0.6 is 15.9 Å². The lowest BCUT2D eigenvalue weighted by Crippen LogP contribution is -2.42. The molecule has 2 rings (SSSR count). The summed E-state index contributed by atoms with van der Waals surface area (Å²) in [4.78, 5) is 14.5. The number of nitrogens with one attached hydrogen (secondary N) is 1. The Morgan fingerprint density at radius 2 is 2.37 bits per heavy atom. The number of rotatable bonds is 5. The van der Waals surface area contributed by atoms with Crippen LogP contribution < -0.4 is 5.32 Å². The van der Waals surface area contributed by atoms with Crippen LogP contribution in [-0.4, -0.2) is 36.5 Å². The van der Waals surface area contributed by atoms with E-state index in [2.05, 4.69) is 33.1 Å². The molecule has 0 saturated carbocycles. The summed E-state index contributed by atoms with van der Waals surface area (Å²) in [5.41, 5.74) is 1.08. The standard InChI is InChI=1S/C15H21BrN2O/c1-2-8-18(14-6-7-17-11-14)15(19)10-12-4-3-5-13(16)9-12/h3-5,9,14,17H,2,6-8,10-11H2,1H3. The molecule has 1 heterocycles. The second-order valence-corrected chi connectivity index (χ2v) is 5.96. The fourth-order valence-electron chi connectivity index (χ4n) is 2.58. The third-order valence-corrected chi connectivity index (χ3v) is 4.00. The molecule has 0 radical (unpaired) electrons. The molecule has 0 spiro atoms. The van der Waals surface area contributed by atoms with Crippen molar-refractivity contribution in [3.63, 3.8) is 0 Å². The summed E-state index contributed by atoms with van der Waals surface area (Å²) in [5, 5.41) is 3.34. The van der Waals surface area contributed by atoms with Gasteiger partial charge in [-0.15, -0.1) is 0 Å². The van der Waals surface area contributed by atoms with Gasteiger partial charge in [-0.1, -0.05) is 35.0 Å². The van der Waals surface area contributed by atoms with Crippen LogP contribution in [0.2, 0.25) is 0 Å². The van der Waals surface area contributed by atoms with Gasteiger partial charge in [0.05, 0.1) is 6.42 Å². The van der Waals surface area contributed by atoms with Gasteiger partial charge in [-0.2, -0.15) is 0 Å². The van der Waals surface area contributed by atoms with Crippen LogP contribution in [0.1, 0.15) is 25.3 Å². The molecule has 0 bridgehead atoms. The molecule has 1 N–H and O–H groups in total. The first-order valence-electron chi connectivity index (χ1n) is 6.95.